The fourth-order valence-electron chi connectivity index (χ4n) is 2.32. The Balaban J connectivity index is 2.15. The lowest BCUT2D eigenvalue weighted by Crippen LogP contribution is -2.32. The van der Waals surface area contributed by atoms with Crippen molar-refractivity contribution in [1.29, 1.82) is 0 Å². The standard InChI is InChI=1S/C15H22N2O/c1-10-7-12(3)13(8-11(10)2)17-14(18)15(5-6-15)9-16-4/h7-8,16H,5-6,9H2,1-4H3,(H,17,18). The molecular formula is C15H22N2O. The summed E-state index contributed by atoms with van der Waals surface area (Å²) in [5.74, 6) is 0.156. The first-order valence-electron chi connectivity index (χ1n) is 6.52. The molecule has 2 rings (SSSR count). The third-order valence-corrected chi connectivity index (χ3v) is 3.94. The molecule has 3 nitrogen and oxygen atoms in total. The van der Waals surface area contributed by atoms with Crippen molar-refractivity contribution in [2.24, 2.45) is 5.41 Å². The minimum absolute atomic E-state index is 0.156. The van der Waals surface area contributed by atoms with Crippen molar-refractivity contribution in [2.45, 2.75) is 33.6 Å². The van der Waals surface area contributed by atoms with E-state index in [0.29, 0.717) is 0 Å². The zero-order valence-corrected chi connectivity index (χ0v) is 11.7. The summed E-state index contributed by atoms with van der Waals surface area (Å²) in [5, 5.41) is 6.20. The number of amides is 1. The zero-order valence-electron chi connectivity index (χ0n) is 11.7. The molecule has 1 aromatic rings. The molecule has 0 spiro atoms. The number of aryl methyl sites for hydroxylation is 3. The quantitative estimate of drug-likeness (QED) is 0.857. The molecule has 2 N–H and O–H groups in total. The second-order valence-corrected chi connectivity index (χ2v) is 5.52. The minimum atomic E-state index is -0.167. The first-order chi connectivity index (χ1) is 8.48. The highest BCUT2D eigenvalue weighted by molar-refractivity contribution is 5.98. The largest absolute Gasteiger partial charge is 0.325 e. The molecule has 0 bridgehead atoms. The summed E-state index contributed by atoms with van der Waals surface area (Å²) in [6.07, 6.45) is 1.98. The molecule has 0 unspecified atom stereocenters. The predicted octanol–water partition coefficient (Wildman–Crippen LogP) is 2.55. The lowest BCUT2D eigenvalue weighted by molar-refractivity contribution is -0.120. The van der Waals surface area contributed by atoms with Crippen LogP contribution in [-0.2, 0) is 4.79 Å². The summed E-state index contributed by atoms with van der Waals surface area (Å²) in [4.78, 5) is 12.3. The molecule has 1 aromatic carbocycles. The van der Waals surface area contributed by atoms with Crippen LogP contribution in [0, 0.1) is 26.2 Å². The molecule has 0 saturated heterocycles. The van der Waals surface area contributed by atoms with E-state index < -0.39 is 0 Å². The van der Waals surface area contributed by atoms with Crippen LogP contribution in [0.2, 0.25) is 0 Å². The molecule has 1 amide bonds. The van der Waals surface area contributed by atoms with Gasteiger partial charge in [-0.1, -0.05) is 6.07 Å². The van der Waals surface area contributed by atoms with Gasteiger partial charge >= 0.3 is 0 Å². The average Bonchev–Trinajstić information content (AvgIpc) is 3.07. The van der Waals surface area contributed by atoms with E-state index in [0.717, 1.165) is 30.6 Å². The maximum absolute atomic E-state index is 12.3. The average molecular weight is 246 g/mol. The SMILES string of the molecule is CNCC1(C(=O)Nc2cc(C)c(C)cc2C)CC1. The van der Waals surface area contributed by atoms with Gasteiger partial charge in [0.05, 0.1) is 5.41 Å². The molecule has 98 valence electrons. The normalized spacial score (nSPS) is 16.4. The van der Waals surface area contributed by atoms with Crippen molar-refractivity contribution >= 4 is 11.6 Å². The molecule has 0 radical (unpaired) electrons. The number of nitrogens with one attached hydrogen (secondary N) is 2. The van der Waals surface area contributed by atoms with E-state index in [1.807, 2.05) is 14.0 Å². The van der Waals surface area contributed by atoms with Crippen LogP contribution in [0.4, 0.5) is 5.69 Å². The number of carbonyl (C=O) groups is 1. The topological polar surface area (TPSA) is 41.1 Å². The Morgan fingerprint density at radius 1 is 1.17 bits per heavy atom. The van der Waals surface area contributed by atoms with E-state index in [-0.39, 0.29) is 11.3 Å². The zero-order chi connectivity index (χ0) is 13.3. The van der Waals surface area contributed by atoms with Crippen LogP contribution in [0.5, 0.6) is 0 Å². The Morgan fingerprint density at radius 2 is 1.78 bits per heavy atom. The summed E-state index contributed by atoms with van der Waals surface area (Å²) in [6.45, 7) is 6.98. The molecule has 1 saturated carbocycles. The summed E-state index contributed by atoms with van der Waals surface area (Å²) in [7, 11) is 1.90. The fraction of sp³-hybridized carbons (Fsp3) is 0.533. The highest BCUT2D eigenvalue weighted by Crippen LogP contribution is 2.46. The Bertz CT molecular complexity index is 476. The van der Waals surface area contributed by atoms with Crippen molar-refractivity contribution in [2.75, 3.05) is 18.9 Å². The maximum atomic E-state index is 12.3. The highest BCUT2D eigenvalue weighted by Gasteiger charge is 2.49. The van der Waals surface area contributed by atoms with E-state index in [9.17, 15) is 4.79 Å². The number of anilines is 1. The van der Waals surface area contributed by atoms with Crippen LogP contribution in [0.25, 0.3) is 0 Å². The summed E-state index contributed by atoms with van der Waals surface area (Å²) in [5.41, 5.74) is 4.40. The van der Waals surface area contributed by atoms with Gasteiger partial charge in [0.15, 0.2) is 0 Å². The van der Waals surface area contributed by atoms with E-state index in [4.69, 9.17) is 0 Å². The Kier molecular flexibility index (Phi) is 3.44. The molecule has 3 heteroatoms. The Labute approximate surface area is 109 Å². The van der Waals surface area contributed by atoms with Crippen molar-refractivity contribution in [3.63, 3.8) is 0 Å². The van der Waals surface area contributed by atoms with Gasteiger partial charge in [0.1, 0.15) is 0 Å². The van der Waals surface area contributed by atoms with Crippen LogP contribution in [0.3, 0.4) is 0 Å². The van der Waals surface area contributed by atoms with Gasteiger partial charge in [-0.3, -0.25) is 4.79 Å². The van der Waals surface area contributed by atoms with Crippen LogP contribution in [-0.4, -0.2) is 19.5 Å². The number of rotatable bonds is 4. The lowest BCUT2D eigenvalue weighted by Gasteiger charge is -2.17. The second kappa shape index (κ2) is 4.73. The molecular weight excluding hydrogens is 224 g/mol. The van der Waals surface area contributed by atoms with Crippen molar-refractivity contribution in [3.8, 4) is 0 Å². The van der Waals surface area contributed by atoms with Gasteiger partial charge in [0.25, 0.3) is 0 Å². The second-order valence-electron chi connectivity index (χ2n) is 5.52. The van der Waals surface area contributed by atoms with Gasteiger partial charge in [-0.2, -0.15) is 0 Å². The molecule has 0 aliphatic heterocycles. The fourth-order valence-corrected chi connectivity index (χ4v) is 2.32. The molecule has 0 aromatic heterocycles. The van der Waals surface area contributed by atoms with Crippen molar-refractivity contribution < 1.29 is 4.79 Å². The monoisotopic (exact) mass is 246 g/mol. The summed E-state index contributed by atoms with van der Waals surface area (Å²) in [6, 6.07) is 4.20. The summed E-state index contributed by atoms with van der Waals surface area (Å²) < 4.78 is 0. The molecule has 18 heavy (non-hydrogen) atoms. The molecule has 0 heterocycles. The number of hydrogen-bond donors (Lipinski definition) is 2. The van der Waals surface area contributed by atoms with Gasteiger partial charge in [-0.15, -0.1) is 0 Å². The Hall–Kier alpha value is -1.35. The Morgan fingerprint density at radius 3 is 2.33 bits per heavy atom. The molecule has 1 fully saturated rings. The first-order valence-corrected chi connectivity index (χ1v) is 6.52. The third-order valence-electron chi connectivity index (χ3n) is 3.94. The molecule has 0 atom stereocenters. The van der Waals surface area contributed by atoms with Crippen molar-refractivity contribution in [1.82, 2.24) is 5.32 Å². The minimum Gasteiger partial charge on any atom is -0.325 e. The number of hydrogen-bond acceptors (Lipinski definition) is 2. The van der Waals surface area contributed by atoms with E-state index in [1.54, 1.807) is 0 Å². The molecule has 1 aliphatic rings. The van der Waals surface area contributed by atoms with Crippen LogP contribution < -0.4 is 10.6 Å². The number of carbonyl (C=O) groups excluding carboxylic acids is 1. The van der Waals surface area contributed by atoms with Crippen LogP contribution >= 0.6 is 0 Å². The van der Waals surface area contributed by atoms with Crippen molar-refractivity contribution in [3.05, 3.63) is 28.8 Å². The van der Waals surface area contributed by atoms with Crippen LogP contribution in [0.15, 0.2) is 12.1 Å². The predicted molar refractivity (Wildman–Crippen MR) is 74.9 cm³/mol. The lowest BCUT2D eigenvalue weighted by atomic mass is 10.0. The number of benzene rings is 1. The first kappa shape index (κ1) is 13.1. The van der Waals surface area contributed by atoms with Gasteiger partial charge < -0.3 is 10.6 Å². The van der Waals surface area contributed by atoms with Gasteiger partial charge in [-0.25, -0.2) is 0 Å². The van der Waals surface area contributed by atoms with Gasteiger partial charge in [0, 0.05) is 12.2 Å². The van der Waals surface area contributed by atoms with Gasteiger partial charge in [0.2, 0.25) is 5.91 Å². The van der Waals surface area contributed by atoms with Crippen LogP contribution in [0.1, 0.15) is 29.5 Å². The van der Waals surface area contributed by atoms with E-state index >= 15 is 0 Å². The highest BCUT2D eigenvalue weighted by atomic mass is 16.2. The third kappa shape index (κ3) is 2.41. The van der Waals surface area contributed by atoms with Gasteiger partial charge in [-0.05, 0) is 63.4 Å². The summed E-state index contributed by atoms with van der Waals surface area (Å²) >= 11 is 0. The van der Waals surface area contributed by atoms with E-state index in [1.165, 1.54) is 11.1 Å². The smallest absolute Gasteiger partial charge is 0.231 e. The molecule has 1 aliphatic carbocycles. The van der Waals surface area contributed by atoms with E-state index in [2.05, 4.69) is 36.6 Å². The maximum Gasteiger partial charge on any atom is 0.231 e.